The lowest BCUT2D eigenvalue weighted by Gasteiger charge is -2.19. The zero-order valence-electron chi connectivity index (χ0n) is 22.4. The summed E-state index contributed by atoms with van der Waals surface area (Å²) in [5, 5.41) is 19.4. The second-order valence-corrected chi connectivity index (χ2v) is 11.9. The van der Waals surface area contributed by atoms with Crippen LogP contribution in [0.4, 0.5) is 21.9 Å². The number of rotatable bonds is 5. The second kappa shape index (κ2) is 10.5. The van der Waals surface area contributed by atoms with Crippen LogP contribution in [0.25, 0.3) is 10.8 Å². The van der Waals surface area contributed by atoms with Gasteiger partial charge in [0.15, 0.2) is 0 Å². The number of alkyl halides is 1. The zero-order chi connectivity index (χ0) is 28.8. The number of anilines is 3. The maximum atomic E-state index is 13.6. The molecular weight excluding hydrogens is 552 g/mol. The number of aromatic nitrogens is 1. The van der Waals surface area contributed by atoms with E-state index in [4.69, 9.17) is 16.3 Å². The maximum Gasteiger partial charge on any atom is 0.412 e. The van der Waals surface area contributed by atoms with E-state index in [-0.39, 0.29) is 17.6 Å². The van der Waals surface area contributed by atoms with Crippen molar-refractivity contribution < 1.29 is 24.2 Å². The maximum absolute atomic E-state index is 13.6. The van der Waals surface area contributed by atoms with Gasteiger partial charge in [-0.15, -0.1) is 22.9 Å². The van der Waals surface area contributed by atoms with E-state index in [1.807, 2.05) is 24.3 Å². The number of ether oxygens (including phenoxy) is 1. The van der Waals surface area contributed by atoms with Gasteiger partial charge in [0.05, 0.1) is 21.9 Å². The molecule has 5 rings (SSSR count). The number of aryl methyl sites for hydroxylation is 1. The van der Waals surface area contributed by atoms with Gasteiger partial charge in [-0.05, 0) is 43.9 Å². The Morgan fingerprint density at radius 1 is 1.10 bits per heavy atom. The van der Waals surface area contributed by atoms with Crippen LogP contribution in [-0.2, 0) is 11.8 Å². The fraction of sp³-hybridized carbons (Fsp3) is 0.276. The molecule has 0 saturated heterocycles. The molecule has 2 aromatic heterocycles. The van der Waals surface area contributed by atoms with Crippen LogP contribution in [0.5, 0.6) is 5.75 Å². The number of carbonyl (C=O) groups excluding carboxylic acids is 3. The number of hydrogen-bond donors (Lipinski definition) is 3. The van der Waals surface area contributed by atoms with E-state index in [1.165, 1.54) is 11.3 Å². The van der Waals surface area contributed by atoms with E-state index >= 15 is 0 Å². The van der Waals surface area contributed by atoms with Gasteiger partial charge < -0.3 is 24.6 Å². The van der Waals surface area contributed by atoms with E-state index in [1.54, 1.807) is 67.1 Å². The molecule has 9 nitrogen and oxygen atoms in total. The molecule has 40 heavy (non-hydrogen) atoms. The number of phenols is 1. The molecule has 3 N–H and O–H groups in total. The quantitative estimate of drug-likeness (QED) is 0.232. The van der Waals surface area contributed by atoms with Crippen molar-refractivity contribution in [1.29, 1.82) is 0 Å². The molecule has 0 saturated carbocycles. The number of carbonyl (C=O) groups is 3. The molecule has 0 radical (unpaired) electrons. The molecule has 4 aromatic rings. The molecule has 0 aliphatic carbocycles. The summed E-state index contributed by atoms with van der Waals surface area (Å²) < 4.78 is 6.85. The van der Waals surface area contributed by atoms with Crippen LogP contribution in [-0.4, -0.2) is 45.6 Å². The first kappa shape index (κ1) is 27.5. The summed E-state index contributed by atoms with van der Waals surface area (Å²) in [4.78, 5) is 40.7. The number of nitrogens with zero attached hydrogens (tertiary/aromatic N) is 2. The molecule has 3 heterocycles. The molecule has 3 amide bonds. The van der Waals surface area contributed by atoms with Gasteiger partial charge >= 0.3 is 6.09 Å². The Labute approximate surface area is 240 Å². The number of benzene rings is 2. The Kier molecular flexibility index (Phi) is 7.24. The molecule has 0 unspecified atom stereocenters. The van der Waals surface area contributed by atoms with Crippen molar-refractivity contribution in [2.45, 2.75) is 32.3 Å². The number of nitrogens with one attached hydrogen (secondary N) is 2. The first-order valence-corrected chi connectivity index (χ1v) is 14.0. The first-order valence-electron chi connectivity index (χ1n) is 12.6. The Balaban J connectivity index is 1.32. The van der Waals surface area contributed by atoms with Crippen LogP contribution in [0.3, 0.4) is 0 Å². The van der Waals surface area contributed by atoms with Crippen molar-refractivity contribution in [3.05, 3.63) is 70.2 Å². The Bertz CT molecular complexity index is 1640. The third-order valence-corrected chi connectivity index (χ3v) is 7.82. The molecule has 2 aromatic carbocycles. The van der Waals surface area contributed by atoms with E-state index in [9.17, 15) is 19.5 Å². The van der Waals surface area contributed by atoms with Gasteiger partial charge in [-0.1, -0.05) is 24.3 Å². The lowest BCUT2D eigenvalue weighted by atomic mass is 9.95. The Morgan fingerprint density at radius 3 is 2.52 bits per heavy atom. The molecule has 1 aliphatic rings. The predicted molar refractivity (Wildman–Crippen MR) is 158 cm³/mol. The third kappa shape index (κ3) is 5.37. The average molecular weight is 581 g/mol. The van der Waals surface area contributed by atoms with Gasteiger partial charge in [-0.3, -0.25) is 14.9 Å². The average Bonchev–Trinajstić information content (AvgIpc) is 3.59. The predicted octanol–water partition coefficient (Wildman–Crippen LogP) is 6.53. The number of fused-ring (bicyclic) bond motifs is 3. The highest BCUT2D eigenvalue weighted by atomic mass is 35.5. The normalized spacial score (nSPS) is 14.7. The zero-order valence-corrected chi connectivity index (χ0v) is 24.0. The number of thiophene rings is 1. The summed E-state index contributed by atoms with van der Waals surface area (Å²) in [6, 6.07) is 12.3. The van der Waals surface area contributed by atoms with E-state index < -0.39 is 17.6 Å². The summed E-state index contributed by atoms with van der Waals surface area (Å²) >= 11 is 7.52. The van der Waals surface area contributed by atoms with Crippen LogP contribution in [0.1, 0.15) is 52.4 Å². The van der Waals surface area contributed by atoms with E-state index in [0.717, 1.165) is 16.3 Å². The second-order valence-electron chi connectivity index (χ2n) is 10.6. The van der Waals surface area contributed by atoms with Crippen LogP contribution >= 0.6 is 22.9 Å². The van der Waals surface area contributed by atoms with Gasteiger partial charge in [0, 0.05) is 48.4 Å². The van der Waals surface area contributed by atoms with Gasteiger partial charge in [-0.2, -0.15) is 0 Å². The number of hydrogen-bond acceptors (Lipinski definition) is 6. The van der Waals surface area contributed by atoms with E-state index in [2.05, 4.69) is 10.6 Å². The number of aromatic hydroxyl groups is 1. The molecule has 208 valence electrons. The molecular formula is C29H29ClN4O5S. The van der Waals surface area contributed by atoms with Gasteiger partial charge in [0.1, 0.15) is 17.0 Å². The summed E-state index contributed by atoms with van der Waals surface area (Å²) in [5.41, 5.74) is 2.13. The molecule has 1 aliphatic heterocycles. The lowest BCUT2D eigenvalue weighted by molar-refractivity contribution is 0.0635. The topological polar surface area (TPSA) is 113 Å². The smallest absolute Gasteiger partial charge is 0.412 e. The summed E-state index contributed by atoms with van der Waals surface area (Å²) in [6.07, 6.45) is 0.991. The highest BCUT2D eigenvalue weighted by molar-refractivity contribution is 7.12. The highest BCUT2D eigenvalue weighted by Crippen LogP contribution is 2.45. The van der Waals surface area contributed by atoms with Crippen LogP contribution in [0.2, 0.25) is 0 Å². The molecule has 0 fully saturated rings. The lowest BCUT2D eigenvalue weighted by Crippen LogP contribution is -2.29. The Morgan fingerprint density at radius 2 is 1.82 bits per heavy atom. The minimum Gasteiger partial charge on any atom is -0.507 e. The highest BCUT2D eigenvalue weighted by Gasteiger charge is 2.35. The summed E-state index contributed by atoms with van der Waals surface area (Å²) in [7, 11) is 1.69. The van der Waals surface area contributed by atoms with Crippen LogP contribution < -0.4 is 15.5 Å². The monoisotopic (exact) mass is 580 g/mol. The summed E-state index contributed by atoms with van der Waals surface area (Å²) in [6.45, 7) is 5.68. The van der Waals surface area contributed by atoms with Crippen LogP contribution in [0.15, 0.2) is 54.0 Å². The van der Waals surface area contributed by atoms with Crippen molar-refractivity contribution in [3.8, 4) is 5.75 Å². The van der Waals surface area contributed by atoms with Crippen molar-refractivity contribution in [2.75, 3.05) is 28.0 Å². The number of amides is 3. The fourth-order valence-electron chi connectivity index (χ4n) is 4.87. The van der Waals surface area contributed by atoms with E-state index in [0.29, 0.717) is 40.1 Å². The molecule has 0 spiro atoms. The minimum absolute atomic E-state index is 0.0777. The molecule has 11 heteroatoms. The third-order valence-electron chi connectivity index (χ3n) is 6.53. The standard InChI is InChI=1S/C29H29ClN4O5S/c1-29(2,3)39-28(38)32-17-9-22(33(4)14-17)26(36)31-18-10-24(40-15-18)27(37)34-13-16(12-30)25-20-8-6-5-7-19(20)23(35)11-21(25)34/h5-11,14-16,35H,12-13H2,1-4H3,(H,31,36)(H,32,38)/t16-/m1/s1. The van der Waals surface area contributed by atoms with Crippen LogP contribution in [0, 0.1) is 0 Å². The molecule has 0 bridgehead atoms. The van der Waals surface area contributed by atoms with Crippen molar-refractivity contribution in [3.63, 3.8) is 0 Å². The van der Waals surface area contributed by atoms with Crippen molar-refractivity contribution in [1.82, 2.24) is 4.57 Å². The number of halogens is 1. The fourth-order valence-corrected chi connectivity index (χ4v) is 5.91. The van der Waals surface area contributed by atoms with Crippen molar-refractivity contribution in [2.24, 2.45) is 7.05 Å². The van der Waals surface area contributed by atoms with Gasteiger partial charge in [0.25, 0.3) is 11.8 Å². The largest absolute Gasteiger partial charge is 0.507 e. The number of phenolic OH excluding ortho intramolecular Hbond substituents is 1. The first-order chi connectivity index (χ1) is 18.9. The SMILES string of the molecule is Cn1cc(NC(=O)OC(C)(C)C)cc1C(=O)Nc1csc(C(=O)N2C[C@@H](CCl)c3c2cc(O)c2ccccc32)c1. The van der Waals surface area contributed by atoms with Gasteiger partial charge in [0.2, 0.25) is 0 Å². The van der Waals surface area contributed by atoms with Crippen molar-refractivity contribution >= 4 is 68.7 Å². The minimum atomic E-state index is -0.649. The van der Waals surface area contributed by atoms with Gasteiger partial charge in [-0.25, -0.2) is 4.79 Å². The molecule has 1 atom stereocenters. The summed E-state index contributed by atoms with van der Waals surface area (Å²) in [5.74, 6) is -0.285. The Hall–Kier alpha value is -4.02.